The van der Waals surface area contributed by atoms with Crippen molar-refractivity contribution in [3.63, 3.8) is 0 Å². The first-order valence-corrected chi connectivity index (χ1v) is 5.94. The number of carbonyl (C=O) groups is 1. The van der Waals surface area contributed by atoms with Gasteiger partial charge >= 0.3 is 0 Å². The van der Waals surface area contributed by atoms with Gasteiger partial charge in [0, 0.05) is 25.5 Å². The summed E-state index contributed by atoms with van der Waals surface area (Å²) in [6.45, 7) is 2.75. The number of carbonyl (C=O) groups excluding carboxylic acids is 1. The summed E-state index contributed by atoms with van der Waals surface area (Å²) < 4.78 is 4.80. The summed E-state index contributed by atoms with van der Waals surface area (Å²) in [4.78, 5) is 15.7. The van der Waals surface area contributed by atoms with Gasteiger partial charge in [-0.05, 0) is 6.92 Å². The molecule has 1 rings (SSSR count). The van der Waals surface area contributed by atoms with Crippen molar-refractivity contribution in [1.82, 2.24) is 10.3 Å². The van der Waals surface area contributed by atoms with Crippen molar-refractivity contribution in [2.45, 2.75) is 19.4 Å². The van der Waals surface area contributed by atoms with E-state index in [1.165, 1.54) is 7.11 Å². The van der Waals surface area contributed by atoms with Crippen LogP contribution in [0.4, 0.5) is 0 Å². The van der Waals surface area contributed by atoms with Crippen LogP contribution in [0.25, 0.3) is 0 Å². The molecular formula is C10H17N3O2S. The Labute approximate surface area is 99.0 Å². The summed E-state index contributed by atoms with van der Waals surface area (Å²) in [6, 6.07) is -0.595. The molecule has 5 nitrogen and oxygen atoms in total. The van der Waals surface area contributed by atoms with Gasteiger partial charge in [-0.2, -0.15) is 0 Å². The highest BCUT2D eigenvalue weighted by Gasteiger charge is 2.11. The molecule has 1 amide bonds. The first kappa shape index (κ1) is 13.1. The van der Waals surface area contributed by atoms with Gasteiger partial charge in [0.15, 0.2) is 0 Å². The molecule has 0 radical (unpaired) electrons. The number of amides is 1. The van der Waals surface area contributed by atoms with E-state index in [1.807, 2.05) is 12.3 Å². The van der Waals surface area contributed by atoms with E-state index in [0.717, 1.165) is 17.1 Å². The molecule has 0 fully saturated rings. The van der Waals surface area contributed by atoms with Gasteiger partial charge in [0.05, 0.1) is 17.3 Å². The van der Waals surface area contributed by atoms with Crippen LogP contribution in [0.2, 0.25) is 0 Å². The number of hydrogen-bond acceptors (Lipinski definition) is 5. The first-order chi connectivity index (χ1) is 7.63. The molecule has 0 saturated heterocycles. The molecule has 1 aromatic heterocycles. The number of methoxy groups -OCH3 is 1. The van der Waals surface area contributed by atoms with E-state index < -0.39 is 6.04 Å². The summed E-state index contributed by atoms with van der Waals surface area (Å²) >= 11 is 1.61. The number of rotatable bonds is 6. The normalized spacial score (nSPS) is 12.4. The molecule has 1 atom stereocenters. The number of hydrogen-bond donors (Lipinski definition) is 2. The molecule has 1 unspecified atom stereocenters. The molecule has 0 aromatic carbocycles. The van der Waals surface area contributed by atoms with E-state index in [2.05, 4.69) is 10.3 Å². The SMILES string of the molecule is COCC(N)C(=O)NCCc1csc(C)n1. The number of thiazole rings is 1. The maximum Gasteiger partial charge on any atom is 0.239 e. The van der Waals surface area contributed by atoms with Crippen molar-refractivity contribution in [2.75, 3.05) is 20.3 Å². The monoisotopic (exact) mass is 243 g/mol. The van der Waals surface area contributed by atoms with E-state index in [0.29, 0.717) is 6.54 Å². The van der Waals surface area contributed by atoms with Crippen molar-refractivity contribution in [3.8, 4) is 0 Å². The van der Waals surface area contributed by atoms with Crippen LogP contribution in [-0.2, 0) is 16.0 Å². The fourth-order valence-electron chi connectivity index (χ4n) is 1.22. The van der Waals surface area contributed by atoms with E-state index >= 15 is 0 Å². The summed E-state index contributed by atoms with van der Waals surface area (Å²) in [7, 11) is 1.52. The molecule has 1 heterocycles. The molecule has 0 spiro atoms. The lowest BCUT2D eigenvalue weighted by Gasteiger charge is -2.10. The van der Waals surface area contributed by atoms with Gasteiger partial charge in [0.25, 0.3) is 0 Å². The fourth-order valence-corrected chi connectivity index (χ4v) is 1.87. The number of aryl methyl sites for hydroxylation is 1. The van der Waals surface area contributed by atoms with Gasteiger partial charge in [-0.1, -0.05) is 0 Å². The van der Waals surface area contributed by atoms with Gasteiger partial charge in [0.1, 0.15) is 6.04 Å². The molecule has 0 aliphatic heterocycles. The summed E-state index contributed by atoms with van der Waals surface area (Å²) in [5.41, 5.74) is 6.56. The number of ether oxygens (including phenoxy) is 1. The highest BCUT2D eigenvalue weighted by atomic mass is 32.1. The summed E-state index contributed by atoms with van der Waals surface area (Å²) in [6.07, 6.45) is 0.732. The van der Waals surface area contributed by atoms with Crippen molar-refractivity contribution in [3.05, 3.63) is 16.1 Å². The Hall–Kier alpha value is -0.980. The van der Waals surface area contributed by atoms with E-state index in [1.54, 1.807) is 11.3 Å². The third kappa shape index (κ3) is 4.26. The standard InChI is InChI=1S/C10H17N3O2S/c1-7-13-8(6-16-7)3-4-12-10(14)9(11)5-15-2/h6,9H,3-5,11H2,1-2H3,(H,12,14). The molecular weight excluding hydrogens is 226 g/mol. The summed E-state index contributed by atoms with van der Waals surface area (Å²) in [5.74, 6) is -0.186. The maximum atomic E-state index is 11.4. The number of nitrogens with two attached hydrogens (primary N) is 1. The second kappa shape index (κ2) is 6.57. The maximum absolute atomic E-state index is 11.4. The van der Waals surface area contributed by atoms with Crippen molar-refractivity contribution in [2.24, 2.45) is 5.73 Å². The average Bonchev–Trinajstić information content (AvgIpc) is 2.64. The quantitative estimate of drug-likeness (QED) is 0.742. The van der Waals surface area contributed by atoms with Crippen LogP contribution in [0.15, 0.2) is 5.38 Å². The molecule has 0 saturated carbocycles. The van der Waals surface area contributed by atoms with Crippen LogP contribution in [0, 0.1) is 6.92 Å². The lowest BCUT2D eigenvalue weighted by Crippen LogP contribution is -2.44. The van der Waals surface area contributed by atoms with Crippen molar-refractivity contribution in [1.29, 1.82) is 0 Å². The lowest BCUT2D eigenvalue weighted by atomic mass is 10.3. The molecule has 0 bridgehead atoms. The topological polar surface area (TPSA) is 77.2 Å². The van der Waals surface area contributed by atoms with Gasteiger partial charge < -0.3 is 15.8 Å². The Kier molecular flexibility index (Phi) is 5.37. The number of aromatic nitrogens is 1. The molecule has 6 heteroatoms. The second-order valence-corrected chi connectivity index (χ2v) is 4.52. The van der Waals surface area contributed by atoms with Crippen molar-refractivity contribution < 1.29 is 9.53 Å². The zero-order valence-electron chi connectivity index (χ0n) is 9.53. The minimum absolute atomic E-state index is 0.186. The van der Waals surface area contributed by atoms with Gasteiger partial charge in [-0.25, -0.2) is 4.98 Å². The Morgan fingerprint density at radius 2 is 2.50 bits per heavy atom. The van der Waals surface area contributed by atoms with E-state index in [-0.39, 0.29) is 12.5 Å². The number of nitrogens with zero attached hydrogens (tertiary/aromatic N) is 1. The van der Waals surface area contributed by atoms with E-state index in [9.17, 15) is 4.79 Å². The van der Waals surface area contributed by atoms with E-state index in [4.69, 9.17) is 10.5 Å². The zero-order valence-corrected chi connectivity index (χ0v) is 10.3. The predicted molar refractivity (Wildman–Crippen MR) is 63.4 cm³/mol. The predicted octanol–water partition coefficient (Wildman–Crippen LogP) is 0.0839. The highest BCUT2D eigenvalue weighted by molar-refractivity contribution is 7.09. The Bertz CT molecular complexity index is 341. The first-order valence-electron chi connectivity index (χ1n) is 5.06. The number of nitrogens with one attached hydrogen (secondary N) is 1. The lowest BCUT2D eigenvalue weighted by molar-refractivity contribution is -0.123. The molecule has 1 aromatic rings. The van der Waals surface area contributed by atoms with Crippen LogP contribution in [0.3, 0.4) is 0 Å². The minimum atomic E-state index is -0.595. The van der Waals surface area contributed by atoms with Crippen LogP contribution < -0.4 is 11.1 Å². The van der Waals surface area contributed by atoms with Gasteiger partial charge in [-0.15, -0.1) is 11.3 Å². The van der Waals surface area contributed by atoms with Crippen LogP contribution in [-0.4, -0.2) is 37.2 Å². The molecule has 3 N–H and O–H groups in total. The largest absolute Gasteiger partial charge is 0.383 e. The summed E-state index contributed by atoms with van der Waals surface area (Å²) in [5, 5.41) is 5.78. The fraction of sp³-hybridized carbons (Fsp3) is 0.600. The third-order valence-electron chi connectivity index (χ3n) is 2.03. The van der Waals surface area contributed by atoms with Crippen LogP contribution in [0.1, 0.15) is 10.7 Å². The highest BCUT2D eigenvalue weighted by Crippen LogP contribution is 2.07. The smallest absolute Gasteiger partial charge is 0.239 e. The molecule has 16 heavy (non-hydrogen) atoms. The Balaban J connectivity index is 2.22. The van der Waals surface area contributed by atoms with Crippen LogP contribution in [0.5, 0.6) is 0 Å². The minimum Gasteiger partial charge on any atom is -0.383 e. The molecule has 0 aliphatic rings. The molecule has 0 aliphatic carbocycles. The Morgan fingerprint density at radius 1 is 1.75 bits per heavy atom. The Morgan fingerprint density at radius 3 is 3.06 bits per heavy atom. The zero-order chi connectivity index (χ0) is 12.0. The van der Waals surface area contributed by atoms with Crippen LogP contribution >= 0.6 is 11.3 Å². The second-order valence-electron chi connectivity index (χ2n) is 3.46. The van der Waals surface area contributed by atoms with Crippen molar-refractivity contribution >= 4 is 17.2 Å². The third-order valence-corrected chi connectivity index (χ3v) is 2.85. The van der Waals surface area contributed by atoms with Gasteiger partial charge in [-0.3, -0.25) is 4.79 Å². The average molecular weight is 243 g/mol. The molecule has 90 valence electrons. The van der Waals surface area contributed by atoms with Gasteiger partial charge in [0.2, 0.25) is 5.91 Å².